The highest BCUT2D eigenvalue weighted by molar-refractivity contribution is 6.01. The molecule has 1 heterocycles. The Kier molecular flexibility index (Phi) is 9.95. The maximum Gasteiger partial charge on any atom is 0.254 e. The summed E-state index contributed by atoms with van der Waals surface area (Å²) in [5.74, 6) is 1.71. The number of carbonyl (C=O) groups is 2. The summed E-state index contributed by atoms with van der Waals surface area (Å²) in [7, 11) is 1.56. The van der Waals surface area contributed by atoms with E-state index in [1.807, 2.05) is 32.6 Å². The summed E-state index contributed by atoms with van der Waals surface area (Å²) in [6, 6.07) is 10.1. The number of unbranched alkanes of at least 4 members (excludes halogenated alkanes) is 1. The van der Waals surface area contributed by atoms with E-state index in [4.69, 9.17) is 24.5 Å². The predicted molar refractivity (Wildman–Crippen MR) is 146 cm³/mol. The van der Waals surface area contributed by atoms with E-state index in [0.29, 0.717) is 52.8 Å². The van der Waals surface area contributed by atoms with Crippen LogP contribution in [0.3, 0.4) is 0 Å². The number of anilines is 1. The zero-order valence-electron chi connectivity index (χ0n) is 22.9. The molecule has 0 fully saturated rings. The number of nitrogens with two attached hydrogens (primary N) is 1. The Labute approximate surface area is 223 Å². The maximum absolute atomic E-state index is 13.0. The minimum absolute atomic E-state index is 0.0355. The van der Waals surface area contributed by atoms with E-state index in [0.717, 1.165) is 12.8 Å². The van der Waals surface area contributed by atoms with Gasteiger partial charge in [-0.05, 0) is 77.8 Å². The molecule has 0 aliphatic rings. The largest absolute Gasteiger partial charge is 0.493 e. The van der Waals surface area contributed by atoms with Gasteiger partial charge in [-0.3, -0.25) is 9.59 Å². The van der Waals surface area contributed by atoms with Gasteiger partial charge in [0.05, 0.1) is 31.8 Å². The average Bonchev–Trinajstić information content (AvgIpc) is 3.27. The molecule has 3 N–H and O–H groups in total. The molecule has 38 heavy (non-hydrogen) atoms. The second-order valence-electron chi connectivity index (χ2n) is 9.64. The number of rotatable bonds is 13. The third-order valence-electron chi connectivity index (χ3n) is 5.92. The molecule has 0 saturated carbocycles. The summed E-state index contributed by atoms with van der Waals surface area (Å²) in [6.07, 6.45) is 1.52. The van der Waals surface area contributed by atoms with Crippen molar-refractivity contribution in [3.05, 3.63) is 42.0 Å². The number of carbonyl (C=O) groups excluding carboxylic acids is 2. The van der Waals surface area contributed by atoms with Crippen LogP contribution in [0.25, 0.3) is 11.0 Å². The average molecular weight is 527 g/mol. The first kappa shape index (κ1) is 28.8. The second kappa shape index (κ2) is 13.1. The lowest BCUT2D eigenvalue weighted by molar-refractivity contribution is -0.117. The number of hydrogen-bond donors (Lipinski definition) is 2. The van der Waals surface area contributed by atoms with Crippen molar-refractivity contribution < 1.29 is 28.3 Å². The molecule has 3 aromatic rings. The predicted octanol–water partition coefficient (Wildman–Crippen LogP) is 4.62. The molecule has 0 radical (unpaired) electrons. The number of nitrogens with one attached hydrogen (secondary N) is 1. The van der Waals surface area contributed by atoms with Crippen LogP contribution in [0.15, 0.2) is 40.9 Å². The maximum atomic E-state index is 13.0. The molecular formula is C28H38N4O6. The highest BCUT2D eigenvalue weighted by atomic mass is 16.5. The van der Waals surface area contributed by atoms with Gasteiger partial charge in [-0.2, -0.15) is 0 Å². The van der Waals surface area contributed by atoms with Gasteiger partial charge in [0.1, 0.15) is 5.75 Å². The number of hydrogen-bond acceptors (Lipinski definition) is 8. The van der Waals surface area contributed by atoms with E-state index in [2.05, 4.69) is 10.5 Å². The topological polar surface area (TPSA) is 129 Å². The van der Waals surface area contributed by atoms with Crippen LogP contribution in [-0.4, -0.2) is 60.3 Å². The van der Waals surface area contributed by atoms with Crippen molar-refractivity contribution in [2.75, 3.05) is 25.6 Å². The number of nitrogens with zero attached hydrogens (tertiary/aromatic N) is 2. The molecule has 3 rings (SSSR count). The van der Waals surface area contributed by atoms with Gasteiger partial charge in [0.15, 0.2) is 22.9 Å². The van der Waals surface area contributed by atoms with Crippen molar-refractivity contribution in [1.82, 2.24) is 10.1 Å². The van der Waals surface area contributed by atoms with Crippen LogP contribution >= 0.6 is 0 Å². The van der Waals surface area contributed by atoms with E-state index >= 15 is 0 Å². The van der Waals surface area contributed by atoms with Crippen molar-refractivity contribution in [1.29, 1.82) is 0 Å². The van der Waals surface area contributed by atoms with E-state index in [-0.39, 0.29) is 23.9 Å². The van der Waals surface area contributed by atoms with E-state index < -0.39 is 6.04 Å². The molecule has 2 aromatic carbocycles. The van der Waals surface area contributed by atoms with Crippen LogP contribution in [0.2, 0.25) is 0 Å². The van der Waals surface area contributed by atoms with Gasteiger partial charge in [-0.15, -0.1) is 0 Å². The van der Waals surface area contributed by atoms with Gasteiger partial charge in [0.25, 0.3) is 5.91 Å². The summed E-state index contributed by atoms with van der Waals surface area (Å²) in [5, 5.41) is 7.21. The van der Waals surface area contributed by atoms with Crippen molar-refractivity contribution in [3.8, 4) is 17.2 Å². The van der Waals surface area contributed by atoms with E-state index in [1.165, 1.54) is 0 Å². The number of aromatic nitrogens is 1. The van der Waals surface area contributed by atoms with Gasteiger partial charge >= 0.3 is 0 Å². The Bertz CT molecular complexity index is 1230. The fraction of sp³-hybridized carbons (Fsp3) is 0.464. The lowest BCUT2D eigenvalue weighted by Crippen LogP contribution is -2.42. The van der Waals surface area contributed by atoms with E-state index in [1.54, 1.807) is 50.4 Å². The Morgan fingerprint density at radius 3 is 2.29 bits per heavy atom. The van der Waals surface area contributed by atoms with E-state index in [9.17, 15) is 9.59 Å². The zero-order chi connectivity index (χ0) is 27.8. The highest BCUT2D eigenvalue weighted by Gasteiger charge is 2.22. The van der Waals surface area contributed by atoms with Crippen molar-refractivity contribution in [2.24, 2.45) is 5.73 Å². The summed E-state index contributed by atoms with van der Waals surface area (Å²) in [5.41, 5.74) is 6.65. The van der Waals surface area contributed by atoms with Crippen molar-refractivity contribution >= 4 is 28.6 Å². The Morgan fingerprint density at radius 1 is 0.974 bits per heavy atom. The van der Waals surface area contributed by atoms with Gasteiger partial charge in [-0.25, -0.2) is 0 Å². The fourth-order valence-electron chi connectivity index (χ4n) is 4.04. The quantitative estimate of drug-likeness (QED) is 0.309. The molecule has 0 bridgehead atoms. The van der Waals surface area contributed by atoms with Crippen molar-refractivity contribution in [3.63, 3.8) is 0 Å². The second-order valence-corrected chi connectivity index (χ2v) is 9.64. The number of methoxy groups -OCH3 is 1. The molecule has 0 saturated heterocycles. The van der Waals surface area contributed by atoms with Crippen LogP contribution in [0.5, 0.6) is 17.2 Å². The van der Waals surface area contributed by atoms with Crippen LogP contribution in [0, 0.1) is 0 Å². The molecule has 1 aromatic heterocycles. The zero-order valence-corrected chi connectivity index (χ0v) is 22.9. The standard InChI is InChI=1S/C28H38N4O6/c1-17(2)32(18(3)4)28(34)20-9-12-23(25(15-20)35-6)37-14-8-7-13-36-21-10-11-22-24(16-21)38-31-26(22)30-27(33)19(5)29/h9-12,15-19H,7-8,13-14,29H2,1-6H3,(H,30,31,33). The fourth-order valence-corrected chi connectivity index (χ4v) is 4.04. The van der Waals surface area contributed by atoms with Crippen LogP contribution in [0.4, 0.5) is 5.82 Å². The van der Waals surface area contributed by atoms with Gasteiger partial charge < -0.3 is 34.7 Å². The Balaban J connectivity index is 1.48. The molecule has 2 amide bonds. The molecule has 10 heteroatoms. The number of fused-ring (bicyclic) bond motifs is 1. The van der Waals surface area contributed by atoms with Crippen LogP contribution in [-0.2, 0) is 4.79 Å². The van der Waals surface area contributed by atoms with Gasteiger partial charge in [0.2, 0.25) is 5.91 Å². The first-order valence-electron chi connectivity index (χ1n) is 12.8. The van der Waals surface area contributed by atoms with Gasteiger partial charge in [-0.1, -0.05) is 5.16 Å². The first-order chi connectivity index (χ1) is 18.1. The molecular weight excluding hydrogens is 488 g/mol. The molecule has 0 aliphatic carbocycles. The number of ether oxygens (including phenoxy) is 3. The summed E-state index contributed by atoms with van der Waals surface area (Å²) < 4.78 is 22.5. The summed E-state index contributed by atoms with van der Waals surface area (Å²) >= 11 is 0. The third-order valence-corrected chi connectivity index (χ3v) is 5.92. The summed E-state index contributed by atoms with van der Waals surface area (Å²) in [4.78, 5) is 26.6. The number of amides is 2. The molecule has 206 valence electrons. The van der Waals surface area contributed by atoms with Crippen molar-refractivity contribution in [2.45, 2.75) is 65.6 Å². The summed E-state index contributed by atoms with van der Waals surface area (Å²) in [6.45, 7) is 10.6. The SMILES string of the molecule is COc1cc(C(=O)N(C(C)C)C(C)C)ccc1OCCCCOc1ccc2c(NC(=O)C(C)N)noc2c1. The minimum atomic E-state index is -0.650. The van der Waals surface area contributed by atoms with Crippen LogP contribution < -0.4 is 25.3 Å². The monoisotopic (exact) mass is 526 g/mol. The molecule has 0 spiro atoms. The normalized spacial score (nSPS) is 12.0. The molecule has 1 unspecified atom stereocenters. The molecule has 10 nitrogen and oxygen atoms in total. The number of benzene rings is 2. The van der Waals surface area contributed by atoms with Gasteiger partial charge in [0, 0.05) is 23.7 Å². The smallest absolute Gasteiger partial charge is 0.254 e. The minimum Gasteiger partial charge on any atom is -0.493 e. The first-order valence-corrected chi connectivity index (χ1v) is 12.8. The molecule has 1 atom stereocenters. The highest BCUT2D eigenvalue weighted by Crippen LogP contribution is 2.30. The third kappa shape index (κ3) is 7.16. The lowest BCUT2D eigenvalue weighted by atomic mass is 10.1. The van der Waals surface area contributed by atoms with Crippen LogP contribution in [0.1, 0.15) is 57.8 Å². The molecule has 0 aliphatic heterocycles. The Morgan fingerprint density at radius 2 is 1.66 bits per heavy atom. The lowest BCUT2D eigenvalue weighted by Gasteiger charge is -2.31. The Hall–Kier alpha value is -3.79.